The van der Waals surface area contributed by atoms with Crippen LogP contribution in [0, 0.1) is 0 Å². The highest BCUT2D eigenvalue weighted by atomic mass is 16.3. The van der Waals surface area contributed by atoms with Gasteiger partial charge >= 0.3 is 0 Å². The number of hydrogen-bond donors (Lipinski definition) is 2. The van der Waals surface area contributed by atoms with E-state index in [9.17, 15) is 15.0 Å². The molecule has 0 fully saturated rings. The summed E-state index contributed by atoms with van der Waals surface area (Å²) in [5.74, 6) is -0.240. The maximum Gasteiger partial charge on any atom is 0.140 e. The first-order valence-electron chi connectivity index (χ1n) is 10.7. The lowest BCUT2D eigenvalue weighted by Gasteiger charge is -2.32. The van der Waals surface area contributed by atoms with Crippen LogP contribution in [0.4, 0.5) is 0 Å². The fourth-order valence-corrected chi connectivity index (χ4v) is 4.23. The molecule has 0 radical (unpaired) electrons. The van der Waals surface area contributed by atoms with Gasteiger partial charge in [0.15, 0.2) is 0 Å². The minimum atomic E-state index is -1.49. The number of carbonyl (C=O) groups is 1. The van der Waals surface area contributed by atoms with Crippen LogP contribution in [0.1, 0.15) is 35.1 Å². The summed E-state index contributed by atoms with van der Waals surface area (Å²) in [7, 11) is 0. The van der Waals surface area contributed by atoms with E-state index in [-0.39, 0.29) is 18.6 Å². The molecule has 0 amide bonds. The molecule has 160 valence electrons. The van der Waals surface area contributed by atoms with E-state index >= 15 is 0 Å². The van der Waals surface area contributed by atoms with Crippen molar-refractivity contribution < 1.29 is 15.0 Å². The molecule has 3 heteroatoms. The molecule has 0 aliphatic rings. The normalized spacial score (nSPS) is 11.8. The lowest BCUT2D eigenvalue weighted by Crippen LogP contribution is -2.35. The van der Waals surface area contributed by atoms with Crippen LogP contribution in [0.3, 0.4) is 0 Å². The van der Waals surface area contributed by atoms with Gasteiger partial charge in [-0.05, 0) is 22.3 Å². The summed E-state index contributed by atoms with van der Waals surface area (Å²) in [6.45, 7) is 0. The Labute approximate surface area is 188 Å². The Morgan fingerprint density at radius 2 is 0.688 bits per heavy atom. The summed E-state index contributed by atoms with van der Waals surface area (Å²) in [4.78, 5) is 13.4. The molecule has 0 aliphatic carbocycles. The molecule has 0 aromatic heterocycles. The van der Waals surface area contributed by atoms with Gasteiger partial charge in [-0.1, -0.05) is 121 Å². The van der Waals surface area contributed by atoms with Gasteiger partial charge in [0.05, 0.1) is 0 Å². The van der Waals surface area contributed by atoms with Gasteiger partial charge in [0.1, 0.15) is 17.0 Å². The lowest BCUT2D eigenvalue weighted by atomic mass is 9.77. The zero-order valence-electron chi connectivity index (χ0n) is 17.8. The quantitative estimate of drug-likeness (QED) is 0.410. The van der Waals surface area contributed by atoms with Crippen molar-refractivity contribution in [3.63, 3.8) is 0 Å². The fraction of sp³-hybridized carbons (Fsp3) is 0.138. The van der Waals surface area contributed by atoms with Crippen molar-refractivity contribution >= 4 is 5.78 Å². The number of rotatable bonds is 8. The summed E-state index contributed by atoms with van der Waals surface area (Å²) < 4.78 is 0. The van der Waals surface area contributed by atoms with Gasteiger partial charge in [-0.3, -0.25) is 4.79 Å². The molecule has 0 heterocycles. The summed E-state index contributed by atoms with van der Waals surface area (Å²) in [5, 5.41) is 23.5. The standard InChI is InChI=1S/C29H26O3/c30-27(21-28(31,23-13-5-1-6-14-23)24-15-7-2-8-16-24)22-29(32,25-17-9-3-10-18-25)26-19-11-4-12-20-26/h1-20,31-32H,21-22H2. The Hall–Kier alpha value is -3.53. The Morgan fingerprint density at radius 1 is 0.469 bits per heavy atom. The summed E-state index contributed by atoms with van der Waals surface area (Å²) in [6.07, 6.45) is -0.300. The number of benzene rings is 4. The molecule has 0 saturated carbocycles. The van der Waals surface area contributed by atoms with Crippen LogP contribution >= 0.6 is 0 Å². The summed E-state index contributed by atoms with van der Waals surface area (Å²) in [6, 6.07) is 36.8. The average Bonchev–Trinajstić information content (AvgIpc) is 2.86. The number of ketones is 1. The Kier molecular flexibility index (Phi) is 6.31. The second-order valence-corrected chi connectivity index (χ2v) is 8.08. The van der Waals surface area contributed by atoms with Gasteiger partial charge in [0.2, 0.25) is 0 Å². The van der Waals surface area contributed by atoms with Crippen LogP contribution in [-0.2, 0) is 16.0 Å². The highest BCUT2D eigenvalue weighted by molar-refractivity contribution is 5.82. The van der Waals surface area contributed by atoms with Gasteiger partial charge in [-0.25, -0.2) is 0 Å². The molecule has 0 aliphatic heterocycles. The lowest BCUT2D eigenvalue weighted by molar-refractivity contribution is -0.127. The van der Waals surface area contributed by atoms with Gasteiger partial charge in [0, 0.05) is 12.8 Å². The third kappa shape index (κ3) is 4.40. The second kappa shape index (κ2) is 9.31. The third-order valence-electron chi connectivity index (χ3n) is 5.91. The molecule has 0 spiro atoms. The van der Waals surface area contributed by atoms with Crippen molar-refractivity contribution in [2.75, 3.05) is 0 Å². The van der Waals surface area contributed by atoms with E-state index in [1.54, 1.807) is 0 Å². The zero-order chi connectivity index (χ0) is 22.4. The van der Waals surface area contributed by atoms with E-state index in [1.807, 2.05) is 121 Å². The number of carbonyl (C=O) groups excluding carboxylic acids is 1. The molecular formula is C29H26O3. The van der Waals surface area contributed by atoms with E-state index in [0.29, 0.717) is 22.3 Å². The van der Waals surface area contributed by atoms with Crippen LogP contribution < -0.4 is 0 Å². The number of hydrogen-bond acceptors (Lipinski definition) is 3. The molecule has 0 bridgehead atoms. The SMILES string of the molecule is O=C(CC(O)(c1ccccc1)c1ccccc1)CC(O)(c1ccccc1)c1ccccc1. The monoisotopic (exact) mass is 422 g/mol. The van der Waals surface area contributed by atoms with E-state index in [0.717, 1.165) is 0 Å². The fourth-order valence-electron chi connectivity index (χ4n) is 4.23. The number of aliphatic hydroxyl groups is 2. The van der Waals surface area contributed by atoms with Crippen LogP contribution in [0.15, 0.2) is 121 Å². The zero-order valence-corrected chi connectivity index (χ0v) is 17.8. The first-order chi connectivity index (χ1) is 15.5. The third-order valence-corrected chi connectivity index (χ3v) is 5.91. The van der Waals surface area contributed by atoms with Crippen molar-refractivity contribution in [2.24, 2.45) is 0 Å². The molecule has 0 atom stereocenters. The van der Waals surface area contributed by atoms with E-state index in [1.165, 1.54) is 0 Å². The maximum atomic E-state index is 13.4. The van der Waals surface area contributed by atoms with Crippen molar-refractivity contribution in [1.82, 2.24) is 0 Å². The molecule has 32 heavy (non-hydrogen) atoms. The minimum Gasteiger partial charge on any atom is -0.380 e. The van der Waals surface area contributed by atoms with E-state index < -0.39 is 11.2 Å². The molecule has 2 N–H and O–H groups in total. The van der Waals surface area contributed by atoms with E-state index in [2.05, 4.69) is 0 Å². The molecule has 4 rings (SSSR count). The molecule has 3 nitrogen and oxygen atoms in total. The molecular weight excluding hydrogens is 396 g/mol. The van der Waals surface area contributed by atoms with Crippen LogP contribution in [-0.4, -0.2) is 16.0 Å². The van der Waals surface area contributed by atoms with Gasteiger partial charge in [0.25, 0.3) is 0 Å². The van der Waals surface area contributed by atoms with Crippen LogP contribution in [0.5, 0.6) is 0 Å². The first-order valence-corrected chi connectivity index (χ1v) is 10.7. The van der Waals surface area contributed by atoms with Crippen molar-refractivity contribution in [3.05, 3.63) is 144 Å². The van der Waals surface area contributed by atoms with E-state index in [4.69, 9.17) is 0 Å². The topological polar surface area (TPSA) is 57.5 Å². The highest BCUT2D eigenvalue weighted by Crippen LogP contribution is 2.38. The van der Waals surface area contributed by atoms with Crippen molar-refractivity contribution in [1.29, 1.82) is 0 Å². The Bertz CT molecular complexity index is 968. The summed E-state index contributed by atoms with van der Waals surface area (Å²) >= 11 is 0. The average molecular weight is 423 g/mol. The van der Waals surface area contributed by atoms with Crippen LogP contribution in [0.25, 0.3) is 0 Å². The van der Waals surface area contributed by atoms with Crippen LogP contribution in [0.2, 0.25) is 0 Å². The Balaban J connectivity index is 1.70. The molecule has 4 aromatic rings. The van der Waals surface area contributed by atoms with Crippen molar-refractivity contribution in [2.45, 2.75) is 24.0 Å². The van der Waals surface area contributed by atoms with Gasteiger partial charge in [-0.15, -0.1) is 0 Å². The second-order valence-electron chi connectivity index (χ2n) is 8.08. The number of Topliss-reactive ketones (excluding diaryl/α,β-unsaturated/α-hetero) is 1. The largest absolute Gasteiger partial charge is 0.380 e. The summed E-state index contributed by atoms with van der Waals surface area (Å²) in [5.41, 5.74) is -0.419. The molecule has 4 aromatic carbocycles. The molecule has 0 saturated heterocycles. The minimum absolute atomic E-state index is 0.150. The van der Waals surface area contributed by atoms with Gasteiger partial charge in [-0.2, -0.15) is 0 Å². The highest BCUT2D eigenvalue weighted by Gasteiger charge is 2.39. The predicted octanol–water partition coefficient (Wildman–Crippen LogP) is 5.21. The predicted molar refractivity (Wildman–Crippen MR) is 126 cm³/mol. The smallest absolute Gasteiger partial charge is 0.140 e. The first kappa shape index (κ1) is 21.7. The Morgan fingerprint density at radius 3 is 0.906 bits per heavy atom. The van der Waals surface area contributed by atoms with Gasteiger partial charge < -0.3 is 10.2 Å². The molecule has 0 unspecified atom stereocenters. The maximum absolute atomic E-state index is 13.4. The van der Waals surface area contributed by atoms with Crippen molar-refractivity contribution in [3.8, 4) is 0 Å².